The zero-order valence-electron chi connectivity index (χ0n) is 15.4. The highest BCUT2D eigenvalue weighted by Crippen LogP contribution is 2.31. The van der Waals surface area contributed by atoms with Gasteiger partial charge in [-0.2, -0.15) is 8.42 Å². The van der Waals surface area contributed by atoms with Crippen LogP contribution in [-0.2, 0) is 14.8 Å². The first-order valence-electron chi connectivity index (χ1n) is 9.73. The van der Waals surface area contributed by atoms with E-state index in [0.717, 1.165) is 32.1 Å². The standard InChI is InChI=1S/C20H25N3O3S/c24-20(21-13-12-15-7-2-1-3-8-15)17-10-6-14-23(17)19-16-9-4-5-11-18(16)27(25,26)22-19/h4-5,7,9,11,17H,1-3,6,8,10,12-14H2,(H,21,24)/t17-/m0/s1. The monoisotopic (exact) mass is 387 g/mol. The van der Waals surface area contributed by atoms with E-state index in [4.69, 9.17) is 0 Å². The molecular formula is C20H25N3O3S. The molecule has 1 atom stereocenters. The van der Waals surface area contributed by atoms with Crippen molar-refractivity contribution >= 4 is 21.8 Å². The van der Waals surface area contributed by atoms with Gasteiger partial charge in [-0.05, 0) is 57.1 Å². The van der Waals surface area contributed by atoms with Gasteiger partial charge in [0, 0.05) is 18.7 Å². The van der Waals surface area contributed by atoms with Crippen LogP contribution in [0.3, 0.4) is 0 Å². The van der Waals surface area contributed by atoms with Gasteiger partial charge in [0.25, 0.3) is 10.0 Å². The Morgan fingerprint density at radius 3 is 2.89 bits per heavy atom. The molecule has 1 fully saturated rings. The van der Waals surface area contributed by atoms with Crippen LogP contribution >= 0.6 is 0 Å². The number of hydrogen-bond donors (Lipinski definition) is 1. The molecule has 27 heavy (non-hydrogen) atoms. The molecule has 0 unspecified atom stereocenters. The summed E-state index contributed by atoms with van der Waals surface area (Å²) in [7, 11) is -3.67. The summed E-state index contributed by atoms with van der Waals surface area (Å²) in [6, 6.07) is 6.48. The summed E-state index contributed by atoms with van der Waals surface area (Å²) in [4.78, 5) is 14.8. The summed E-state index contributed by atoms with van der Waals surface area (Å²) in [5.74, 6) is 0.381. The molecule has 1 aromatic rings. The van der Waals surface area contributed by atoms with E-state index in [2.05, 4.69) is 15.8 Å². The molecule has 1 saturated heterocycles. The number of amidine groups is 1. The molecule has 144 valence electrons. The quantitative estimate of drug-likeness (QED) is 0.806. The fourth-order valence-electron chi connectivity index (χ4n) is 4.18. The maximum Gasteiger partial charge on any atom is 0.285 e. The highest BCUT2D eigenvalue weighted by atomic mass is 32.2. The van der Waals surface area contributed by atoms with E-state index in [1.54, 1.807) is 24.3 Å². The van der Waals surface area contributed by atoms with E-state index in [-0.39, 0.29) is 16.8 Å². The molecular weight excluding hydrogens is 362 g/mol. The average molecular weight is 388 g/mol. The number of rotatable bonds is 4. The Balaban J connectivity index is 1.45. The SMILES string of the molecule is O=C(NCCC1=CCCCC1)[C@@H]1CCCN1C1=NS(=O)(=O)c2ccccc21. The Bertz CT molecular complexity index is 905. The summed E-state index contributed by atoms with van der Waals surface area (Å²) >= 11 is 0. The summed E-state index contributed by atoms with van der Waals surface area (Å²) in [6.07, 6.45) is 9.55. The summed E-state index contributed by atoms with van der Waals surface area (Å²) in [6.45, 7) is 1.28. The van der Waals surface area contributed by atoms with Crippen molar-refractivity contribution in [2.45, 2.75) is 55.9 Å². The van der Waals surface area contributed by atoms with E-state index < -0.39 is 10.0 Å². The molecule has 3 aliphatic rings. The Morgan fingerprint density at radius 2 is 2.07 bits per heavy atom. The lowest BCUT2D eigenvalue weighted by molar-refractivity contribution is -0.124. The summed E-state index contributed by atoms with van der Waals surface area (Å²) in [5, 5.41) is 3.04. The summed E-state index contributed by atoms with van der Waals surface area (Å²) in [5.41, 5.74) is 2.04. The van der Waals surface area contributed by atoms with Crippen molar-refractivity contribution < 1.29 is 13.2 Å². The van der Waals surface area contributed by atoms with Crippen molar-refractivity contribution in [1.29, 1.82) is 0 Å². The van der Waals surface area contributed by atoms with Gasteiger partial charge in [-0.25, -0.2) is 0 Å². The molecule has 0 spiro atoms. The number of nitrogens with zero attached hydrogens (tertiary/aromatic N) is 2. The molecule has 1 N–H and O–H groups in total. The number of benzene rings is 1. The van der Waals surface area contributed by atoms with Crippen LogP contribution in [0.15, 0.2) is 45.2 Å². The highest BCUT2D eigenvalue weighted by Gasteiger charge is 2.39. The lowest BCUT2D eigenvalue weighted by Gasteiger charge is -2.25. The molecule has 2 heterocycles. The van der Waals surface area contributed by atoms with Gasteiger partial charge >= 0.3 is 0 Å². The number of amides is 1. The second-order valence-electron chi connectivity index (χ2n) is 7.39. The molecule has 0 aromatic heterocycles. The lowest BCUT2D eigenvalue weighted by Crippen LogP contribution is -2.46. The van der Waals surface area contributed by atoms with Gasteiger partial charge in [-0.15, -0.1) is 4.40 Å². The molecule has 0 saturated carbocycles. The Kier molecular flexibility index (Phi) is 5.04. The molecule has 2 aliphatic heterocycles. The van der Waals surface area contributed by atoms with Crippen LogP contribution in [-0.4, -0.2) is 44.2 Å². The topological polar surface area (TPSA) is 78.8 Å². The first kappa shape index (κ1) is 18.2. The maximum absolute atomic E-state index is 12.8. The number of likely N-dealkylation sites (tertiary alicyclic amines) is 1. The average Bonchev–Trinajstić information content (AvgIpc) is 3.26. The van der Waals surface area contributed by atoms with Crippen LogP contribution in [0.5, 0.6) is 0 Å². The zero-order chi connectivity index (χ0) is 18.9. The van der Waals surface area contributed by atoms with Crippen molar-refractivity contribution in [3.05, 3.63) is 41.5 Å². The van der Waals surface area contributed by atoms with Crippen LogP contribution in [0.2, 0.25) is 0 Å². The minimum Gasteiger partial charge on any atom is -0.354 e. The fourth-order valence-corrected chi connectivity index (χ4v) is 5.40. The van der Waals surface area contributed by atoms with E-state index in [9.17, 15) is 13.2 Å². The van der Waals surface area contributed by atoms with E-state index in [1.165, 1.54) is 18.4 Å². The third-order valence-electron chi connectivity index (χ3n) is 5.57. The summed E-state index contributed by atoms with van der Waals surface area (Å²) < 4.78 is 28.6. The van der Waals surface area contributed by atoms with Crippen LogP contribution in [0.25, 0.3) is 0 Å². The molecule has 4 rings (SSSR count). The van der Waals surface area contributed by atoms with Gasteiger partial charge in [0.05, 0.1) is 0 Å². The molecule has 0 radical (unpaired) electrons. The van der Waals surface area contributed by atoms with Gasteiger partial charge < -0.3 is 10.2 Å². The predicted molar refractivity (Wildman–Crippen MR) is 104 cm³/mol. The van der Waals surface area contributed by atoms with Crippen molar-refractivity contribution in [2.75, 3.05) is 13.1 Å². The molecule has 1 aromatic carbocycles. The van der Waals surface area contributed by atoms with Gasteiger partial charge in [-0.3, -0.25) is 4.79 Å². The third kappa shape index (κ3) is 3.65. The molecule has 1 amide bonds. The van der Waals surface area contributed by atoms with Crippen LogP contribution in [0.1, 0.15) is 50.5 Å². The van der Waals surface area contributed by atoms with Crippen molar-refractivity contribution in [3.63, 3.8) is 0 Å². The van der Waals surface area contributed by atoms with Gasteiger partial charge in [0.1, 0.15) is 10.9 Å². The number of carbonyl (C=O) groups is 1. The largest absolute Gasteiger partial charge is 0.354 e. The number of carbonyl (C=O) groups excluding carboxylic acids is 1. The Hall–Kier alpha value is -2.15. The second kappa shape index (κ2) is 7.46. The van der Waals surface area contributed by atoms with E-state index >= 15 is 0 Å². The van der Waals surface area contributed by atoms with Crippen molar-refractivity contribution in [3.8, 4) is 0 Å². The van der Waals surface area contributed by atoms with Crippen LogP contribution in [0.4, 0.5) is 0 Å². The predicted octanol–water partition coefficient (Wildman–Crippen LogP) is 2.61. The minimum absolute atomic E-state index is 0.0339. The number of allylic oxidation sites excluding steroid dienone is 1. The third-order valence-corrected chi connectivity index (χ3v) is 6.90. The molecule has 0 bridgehead atoms. The normalized spacial score (nSPS) is 23.6. The Morgan fingerprint density at radius 1 is 1.22 bits per heavy atom. The first-order chi connectivity index (χ1) is 13.1. The van der Waals surface area contributed by atoms with Gasteiger partial charge in [0.15, 0.2) is 5.84 Å². The minimum atomic E-state index is -3.67. The molecule has 1 aliphatic carbocycles. The van der Waals surface area contributed by atoms with E-state index in [1.807, 2.05) is 4.90 Å². The fraction of sp³-hybridized carbons (Fsp3) is 0.500. The van der Waals surface area contributed by atoms with Crippen molar-refractivity contribution in [1.82, 2.24) is 10.2 Å². The number of fused-ring (bicyclic) bond motifs is 1. The van der Waals surface area contributed by atoms with Crippen LogP contribution < -0.4 is 5.32 Å². The highest BCUT2D eigenvalue weighted by molar-refractivity contribution is 7.90. The molecule has 6 nitrogen and oxygen atoms in total. The second-order valence-corrected chi connectivity index (χ2v) is 8.96. The first-order valence-corrected chi connectivity index (χ1v) is 11.2. The van der Waals surface area contributed by atoms with Gasteiger partial charge in [0.2, 0.25) is 5.91 Å². The lowest BCUT2D eigenvalue weighted by atomic mass is 9.97. The van der Waals surface area contributed by atoms with E-state index in [0.29, 0.717) is 24.5 Å². The Labute approximate surface area is 160 Å². The zero-order valence-corrected chi connectivity index (χ0v) is 16.2. The van der Waals surface area contributed by atoms with Crippen molar-refractivity contribution in [2.24, 2.45) is 4.40 Å². The maximum atomic E-state index is 12.8. The van der Waals surface area contributed by atoms with Gasteiger partial charge in [-0.1, -0.05) is 23.8 Å². The van der Waals surface area contributed by atoms with Crippen LogP contribution in [0, 0.1) is 0 Å². The number of hydrogen-bond acceptors (Lipinski definition) is 4. The molecule has 7 heteroatoms. The number of nitrogens with one attached hydrogen (secondary N) is 1. The number of sulfonamides is 1. The smallest absolute Gasteiger partial charge is 0.285 e.